The van der Waals surface area contributed by atoms with E-state index in [2.05, 4.69) is 169 Å². The van der Waals surface area contributed by atoms with Crippen molar-refractivity contribution in [2.24, 2.45) is 0 Å². The van der Waals surface area contributed by atoms with Crippen molar-refractivity contribution in [2.75, 3.05) is 0 Å². The molecule has 0 fully saturated rings. The third kappa shape index (κ3) is 4.37. The van der Waals surface area contributed by atoms with Crippen molar-refractivity contribution in [1.29, 1.82) is 0 Å². The van der Waals surface area contributed by atoms with E-state index in [9.17, 15) is 0 Å². The van der Waals surface area contributed by atoms with Gasteiger partial charge in [0.2, 0.25) is 0 Å². The Labute approximate surface area is 307 Å². The van der Waals surface area contributed by atoms with Crippen LogP contribution in [0.15, 0.2) is 164 Å². The Morgan fingerprint density at radius 3 is 1.87 bits per heavy atom. The van der Waals surface area contributed by atoms with Crippen molar-refractivity contribution in [3.63, 3.8) is 0 Å². The van der Waals surface area contributed by atoms with Gasteiger partial charge in [-0.25, -0.2) is 4.98 Å². The van der Waals surface area contributed by atoms with E-state index in [1.165, 1.54) is 87.4 Å². The predicted molar refractivity (Wildman–Crippen MR) is 221 cm³/mol. The summed E-state index contributed by atoms with van der Waals surface area (Å²) in [4.78, 5) is 14.3. The summed E-state index contributed by atoms with van der Waals surface area (Å²) in [5.74, 6) is 0. The fourth-order valence-electron chi connectivity index (χ4n) is 9.07. The van der Waals surface area contributed by atoms with Crippen molar-refractivity contribution >= 4 is 54.0 Å². The van der Waals surface area contributed by atoms with Gasteiger partial charge < -0.3 is 0 Å². The highest BCUT2D eigenvalue weighted by Gasteiger charge is 2.39. The molecule has 2 aromatic heterocycles. The van der Waals surface area contributed by atoms with Crippen molar-refractivity contribution in [3.8, 4) is 44.8 Å². The van der Waals surface area contributed by atoms with Crippen molar-refractivity contribution in [3.05, 3.63) is 175 Å². The highest BCUT2D eigenvalue weighted by atomic mass is 14.8. The molecule has 248 valence electrons. The standard InChI is InChI=1S/C50H33N3/c1-50(2)43-14-8-7-13-40(43)49-48(50)46(47-35-10-4-3-9-31(35)21-24-44(47)53-49)32-17-15-30(16-18-32)33-19-22-38-39-23-20-34(45-29-51-25-26-52-45)28-42(39)37-12-6-5-11-36(37)41(38)27-33/h3-29H,1-2H3. The van der Waals surface area contributed by atoms with Crippen molar-refractivity contribution in [1.82, 2.24) is 15.0 Å². The van der Waals surface area contributed by atoms with Gasteiger partial charge in [-0.15, -0.1) is 0 Å². The Balaban J connectivity index is 1.09. The summed E-state index contributed by atoms with van der Waals surface area (Å²) >= 11 is 0. The molecule has 2 heterocycles. The minimum absolute atomic E-state index is 0.199. The molecule has 0 aliphatic heterocycles. The molecule has 53 heavy (non-hydrogen) atoms. The number of aromatic nitrogens is 3. The number of hydrogen-bond acceptors (Lipinski definition) is 3. The lowest BCUT2D eigenvalue weighted by molar-refractivity contribution is 0.662. The molecule has 10 aromatic rings. The van der Waals surface area contributed by atoms with Crippen LogP contribution >= 0.6 is 0 Å². The predicted octanol–water partition coefficient (Wildman–Crippen LogP) is 12.9. The van der Waals surface area contributed by atoms with Gasteiger partial charge in [0.1, 0.15) is 0 Å². The van der Waals surface area contributed by atoms with Crippen molar-refractivity contribution < 1.29 is 0 Å². The van der Waals surface area contributed by atoms with E-state index >= 15 is 0 Å². The molecule has 0 saturated carbocycles. The summed E-state index contributed by atoms with van der Waals surface area (Å²) in [7, 11) is 0. The molecule has 0 unspecified atom stereocenters. The molecule has 3 nitrogen and oxygen atoms in total. The quantitative estimate of drug-likeness (QED) is 0.175. The van der Waals surface area contributed by atoms with E-state index in [1.54, 1.807) is 12.4 Å². The fourth-order valence-corrected chi connectivity index (χ4v) is 9.07. The van der Waals surface area contributed by atoms with E-state index < -0.39 is 0 Å². The van der Waals surface area contributed by atoms with Crippen LogP contribution in [0.2, 0.25) is 0 Å². The van der Waals surface area contributed by atoms with E-state index in [4.69, 9.17) is 4.98 Å². The zero-order chi connectivity index (χ0) is 35.3. The summed E-state index contributed by atoms with van der Waals surface area (Å²) in [5, 5.41) is 11.1. The lowest BCUT2D eigenvalue weighted by Crippen LogP contribution is -2.16. The number of hydrogen-bond donors (Lipinski definition) is 0. The van der Waals surface area contributed by atoms with Crippen LogP contribution in [0.5, 0.6) is 0 Å². The third-order valence-corrected chi connectivity index (χ3v) is 11.6. The van der Waals surface area contributed by atoms with E-state index in [0.717, 1.165) is 22.5 Å². The molecule has 11 rings (SSSR count). The maximum absolute atomic E-state index is 5.38. The SMILES string of the molecule is CC1(C)c2ccccc2-c2nc3ccc4ccccc4c3c(-c3ccc(-c4ccc5c6ccc(-c7cnccn7)cc6c6ccccc6c5c4)cc3)c21. The molecule has 8 aromatic carbocycles. The molecule has 1 aliphatic carbocycles. The lowest BCUT2D eigenvalue weighted by atomic mass is 9.78. The molecule has 0 amide bonds. The number of nitrogens with zero attached hydrogens (tertiary/aromatic N) is 3. The molecule has 0 spiro atoms. The topological polar surface area (TPSA) is 38.7 Å². The number of fused-ring (bicyclic) bond motifs is 12. The minimum Gasteiger partial charge on any atom is -0.261 e. The second-order valence-corrected chi connectivity index (χ2v) is 14.8. The van der Waals surface area contributed by atoms with Gasteiger partial charge in [-0.05, 0) is 94.7 Å². The van der Waals surface area contributed by atoms with Crippen LogP contribution in [0, 0.1) is 0 Å². The van der Waals surface area contributed by atoms with Crippen LogP contribution in [0.25, 0.3) is 98.8 Å². The molecular weight excluding hydrogens is 643 g/mol. The fraction of sp³-hybridized carbons (Fsp3) is 0.0600. The zero-order valence-corrected chi connectivity index (χ0v) is 29.4. The van der Waals surface area contributed by atoms with Gasteiger partial charge in [0.15, 0.2) is 0 Å². The number of benzene rings is 8. The van der Waals surface area contributed by atoms with E-state index in [-0.39, 0.29) is 5.41 Å². The molecule has 0 saturated heterocycles. The highest BCUT2D eigenvalue weighted by Crippen LogP contribution is 2.54. The first kappa shape index (κ1) is 30.0. The zero-order valence-electron chi connectivity index (χ0n) is 29.4. The maximum atomic E-state index is 5.38. The van der Waals surface area contributed by atoms with Crippen LogP contribution in [-0.4, -0.2) is 15.0 Å². The van der Waals surface area contributed by atoms with E-state index in [0.29, 0.717) is 0 Å². The molecule has 0 N–H and O–H groups in total. The molecule has 0 bridgehead atoms. The maximum Gasteiger partial charge on any atom is 0.0885 e. The van der Waals surface area contributed by atoms with Crippen molar-refractivity contribution in [2.45, 2.75) is 19.3 Å². The molecule has 0 radical (unpaired) electrons. The summed E-state index contributed by atoms with van der Waals surface area (Å²) in [5.41, 5.74) is 12.7. The summed E-state index contributed by atoms with van der Waals surface area (Å²) in [6, 6.07) is 53.5. The first-order valence-corrected chi connectivity index (χ1v) is 18.3. The first-order chi connectivity index (χ1) is 26.0. The number of pyridine rings is 1. The van der Waals surface area contributed by atoms with Gasteiger partial charge in [-0.1, -0.05) is 141 Å². The van der Waals surface area contributed by atoms with Crippen LogP contribution in [0.1, 0.15) is 25.0 Å². The van der Waals surface area contributed by atoms with E-state index in [1.807, 2.05) is 6.20 Å². The van der Waals surface area contributed by atoms with Gasteiger partial charge in [-0.3, -0.25) is 9.97 Å². The first-order valence-electron chi connectivity index (χ1n) is 18.3. The molecule has 0 atom stereocenters. The highest BCUT2D eigenvalue weighted by molar-refractivity contribution is 6.26. The second kappa shape index (κ2) is 11.1. The Bertz CT molecular complexity index is 3100. The normalized spacial score (nSPS) is 13.2. The summed E-state index contributed by atoms with van der Waals surface area (Å²) < 4.78 is 0. The summed E-state index contributed by atoms with van der Waals surface area (Å²) in [6.07, 6.45) is 5.29. The summed E-state index contributed by atoms with van der Waals surface area (Å²) in [6.45, 7) is 4.71. The van der Waals surface area contributed by atoms with Crippen LogP contribution in [0.4, 0.5) is 0 Å². The Morgan fingerprint density at radius 2 is 1.11 bits per heavy atom. The second-order valence-electron chi connectivity index (χ2n) is 14.8. The Kier molecular flexibility index (Phi) is 6.30. The average molecular weight is 676 g/mol. The van der Waals surface area contributed by atoms with Gasteiger partial charge >= 0.3 is 0 Å². The number of rotatable bonds is 3. The smallest absolute Gasteiger partial charge is 0.0885 e. The van der Waals surface area contributed by atoms with Gasteiger partial charge in [0, 0.05) is 34.3 Å². The molecular formula is C50H33N3. The lowest BCUT2D eigenvalue weighted by Gasteiger charge is -2.25. The monoisotopic (exact) mass is 675 g/mol. The van der Waals surface area contributed by atoms with Crippen LogP contribution in [-0.2, 0) is 5.41 Å². The average Bonchev–Trinajstić information content (AvgIpc) is 3.45. The largest absolute Gasteiger partial charge is 0.261 e. The van der Waals surface area contributed by atoms with Crippen LogP contribution < -0.4 is 0 Å². The Hall–Kier alpha value is -6.71. The van der Waals surface area contributed by atoms with Gasteiger partial charge in [-0.2, -0.15) is 0 Å². The van der Waals surface area contributed by atoms with Gasteiger partial charge in [0.05, 0.1) is 23.1 Å². The Morgan fingerprint density at radius 1 is 0.491 bits per heavy atom. The van der Waals surface area contributed by atoms with Gasteiger partial charge in [0.25, 0.3) is 0 Å². The third-order valence-electron chi connectivity index (χ3n) is 11.6. The molecule has 3 heteroatoms. The van der Waals surface area contributed by atoms with Crippen LogP contribution in [0.3, 0.4) is 0 Å². The minimum atomic E-state index is -0.199. The molecule has 1 aliphatic rings.